The third-order valence-electron chi connectivity index (χ3n) is 2.84. The molecule has 1 atom stereocenters. The van der Waals surface area contributed by atoms with Gasteiger partial charge in [-0.3, -0.25) is 0 Å². The zero-order valence-corrected chi connectivity index (χ0v) is 8.84. The predicted molar refractivity (Wildman–Crippen MR) is 56.8 cm³/mol. The van der Waals surface area contributed by atoms with Gasteiger partial charge in [0.2, 0.25) is 0 Å². The summed E-state index contributed by atoms with van der Waals surface area (Å²) in [4.78, 5) is 0. The normalized spacial score (nSPS) is 31.0. The van der Waals surface area contributed by atoms with E-state index < -0.39 is 6.10 Å². The smallest absolute Gasteiger partial charge is 0.124 e. The molecule has 0 bridgehead atoms. The van der Waals surface area contributed by atoms with E-state index in [1.165, 1.54) is 25.7 Å². The van der Waals surface area contributed by atoms with E-state index in [1.807, 2.05) is 0 Å². The third-order valence-corrected chi connectivity index (χ3v) is 2.84. The Balaban J connectivity index is 2.36. The summed E-state index contributed by atoms with van der Waals surface area (Å²) in [7, 11) is 0. The molecule has 82 valence electrons. The number of aliphatic hydroxyl groups excluding tert-OH is 1. The van der Waals surface area contributed by atoms with Gasteiger partial charge >= 0.3 is 0 Å². The van der Waals surface area contributed by atoms with E-state index in [0.29, 0.717) is 6.42 Å². The Morgan fingerprint density at radius 1 is 1.00 bits per heavy atom. The van der Waals surface area contributed by atoms with Crippen molar-refractivity contribution < 1.29 is 9.50 Å². The van der Waals surface area contributed by atoms with Crippen molar-refractivity contribution >= 4 is 0 Å². The topological polar surface area (TPSA) is 20.2 Å². The van der Waals surface area contributed by atoms with Gasteiger partial charge in [-0.2, -0.15) is 0 Å². The lowest BCUT2D eigenvalue weighted by atomic mass is 10.0. The number of hydrogen-bond donors (Lipinski definition) is 1. The summed E-state index contributed by atoms with van der Waals surface area (Å²) in [5, 5.41) is 9.42. The monoisotopic (exact) mass is 200 g/mol. The Labute approximate surface area is 86.0 Å². The van der Waals surface area contributed by atoms with Crippen LogP contribution in [0.1, 0.15) is 57.8 Å². The fourth-order valence-electron chi connectivity index (χ4n) is 1.88. The molecule has 1 N–H and O–H groups in total. The van der Waals surface area contributed by atoms with Crippen molar-refractivity contribution in [3.63, 3.8) is 0 Å². The van der Waals surface area contributed by atoms with E-state index in [9.17, 15) is 9.50 Å². The van der Waals surface area contributed by atoms with Crippen molar-refractivity contribution in [3.05, 3.63) is 11.9 Å². The van der Waals surface area contributed by atoms with Gasteiger partial charge in [-0.05, 0) is 19.3 Å². The second-order valence-electron chi connectivity index (χ2n) is 4.16. The van der Waals surface area contributed by atoms with Gasteiger partial charge in [0.25, 0.3) is 0 Å². The maximum absolute atomic E-state index is 13.2. The van der Waals surface area contributed by atoms with Crippen LogP contribution >= 0.6 is 0 Å². The molecule has 14 heavy (non-hydrogen) atoms. The van der Waals surface area contributed by atoms with Gasteiger partial charge in [0.05, 0.1) is 0 Å². The van der Waals surface area contributed by atoms with Gasteiger partial charge in [0, 0.05) is 0 Å². The Hall–Kier alpha value is -0.370. The Morgan fingerprint density at radius 3 is 2.29 bits per heavy atom. The number of hydrogen-bond acceptors (Lipinski definition) is 1. The minimum absolute atomic E-state index is 0.314. The van der Waals surface area contributed by atoms with Crippen LogP contribution in [0.5, 0.6) is 0 Å². The molecule has 0 aromatic heterocycles. The van der Waals surface area contributed by atoms with Crippen LogP contribution in [0.2, 0.25) is 0 Å². The molecule has 1 aliphatic carbocycles. The van der Waals surface area contributed by atoms with Crippen molar-refractivity contribution in [2.24, 2.45) is 0 Å². The van der Waals surface area contributed by atoms with E-state index in [0.717, 1.165) is 25.7 Å². The van der Waals surface area contributed by atoms with Crippen molar-refractivity contribution in [1.29, 1.82) is 0 Å². The Morgan fingerprint density at radius 2 is 1.57 bits per heavy atom. The van der Waals surface area contributed by atoms with E-state index in [2.05, 4.69) is 0 Å². The highest BCUT2D eigenvalue weighted by Gasteiger charge is 2.09. The Bertz CT molecular complexity index is 177. The molecule has 0 aromatic rings. The minimum Gasteiger partial charge on any atom is -0.386 e. The maximum atomic E-state index is 13.2. The molecule has 1 aliphatic rings. The maximum Gasteiger partial charge on any atom is 0.124 e. The summed E-state index contributed by atoms with van der Waals surface area (Å²) in [6.07, 6.45) is 10.2. The van der Waals surface area contributed by atoms with E-state index in [4.69, 9.17) is 0 Å². The summed E-state index contributed by atoms with van der Waals surface area (Å²) in [5.74, 6) is -0.314. The van der Waals surface area contributed by atoms with E-state index in [-0.39, 0.29) is 5.83 Å². The molecule has 1 unspecified atom stereocenters. The molecule has 0 aromatic carbocycles. The molecule has 0 aliphatic heterocycles. The van der Waals surface area contributed by atoms with E-state index in [1.54, 1.807) is 6.08 Å². The largest absolute Gasteiger partial charge is 0.386 e. The van der Waals surface area contributed by atoms with E-state index >= 15 is 0 Å². The lowest BCUT2D eigenvalue weighted by Crippen LogP contribution is -2.07. The van der Waals surface area contributed by atoms with Crippen LogP contribution in [-0.2, 0) is 0 Å². The van der Waals surface area contributed by atoms with Crippen LogP contribution in [-0.4, -0.2) is 11.2 Å². The average molecular weight is 200 g/mol. The van der Waals surface area contributed by atoms with Crippen molar-refractivity contribution in [3.8, 4) is 0 Å². The van der Waals surface area contributed by atoms with Crippen LogP contribution in [0, 0.1) is 0 Å². The van der Waals surface area contributed by atoms with Crippen molar-refractivity contribution in [1.82, 2.24) is 0 Å². The SMILES string of the molecule is OC1CCCCCCCCC/C=C\1F. The number of aliphatic hydroxyl groups is 1. The summed E-state index contributed by atoms with van der Waals surface area (Å²) in [6, 6.07) is 0. The first-order chi connectivity index (χ1) is 6.80. The number of rotatable bonds is 0. The Kier molecular flexibility index (Phi) is 5.85. The first-order valence-corrected chi connectivity index (χ1v) is 5.84. The summed E-state index contributed by atoms with van der Waals surface area (Å²) in [6.45, 7) is 0. The number of allylic oxidation sites excluding steroid dienone is 1. The lowest BCUT2D eigenvalue weighted by molar-refractivity contribution is 0.168. The minimum atomic E-state index is -0.838. The van der Waals surface area contributed by atoms with Gasteiger partial charge in [0.1, 0.15) is 11.9 Å². The number of halogens is 1. The molecule has 0 fully saturated rings. The standard InChI is InChI=1S/C12H21FO/c13-11-9-7-5-3-1-2-4-6-8-10-12(11)14/h9,12,14H,1-8,10H2/b11-9+. The van der Waals surface area contributed by atoms with Crippen LogP contribution in [0.4, 0.5) is 4.39 Å². The van der Waals surface area contributed by atoms with Crippen LogP contribution in [0.15, 0.2) is 11.9 Å². The van der Waals surface area contributed by atoms with Crippen LogP contribution in [0.25, 0.3) is 0 Å². The molecule has 0 saturated heterocycles. The molecule has 0 heterocycles. The summed E-state index contributed by atoms with van der Waals surface area (Å²) in [5.41, 5.74) is 0. The molecule has 0 saturated carbocycles. The molecule has 0 radical (unpaired) electrons. The van der Waals surface area contributed by atoms with Gasteiger partial charge in [-0.1, -0.05) is 44.6 Å². The molecule has 1 nitrogen and oxygen atoms in total. The first-order valence-electron chi connectivity index (χ1n) is 5.84. The molecular formula is C12H21FO. The molecular weight excluding hydrogens is 179 g/mol. The molecule has 2 heteroatoms. The summed E-state index contributed by atoms with van der Waals surface area (Å²) < 4.78 is 13.2. The fraction of sp³-hybridized carbons (Fsp3) is 0.833. The fourth-order valence-corrected chi connectivity index (χ4v) is 1.88. The van der Waals surface area contributed by atoms with Gasteiger partial charge in [0.15, 0.2) is 0 Å². The van der Waals surface area contributed by atoms with Crippen LogP contribution in [0.3, 0.4) is 0 Å². The quantitative estimate of drug-likeness (QED) is 0.631. The second kappa shape index (κ2) is 6.99. The molecule has 1 rings (SSSR count). The third kappa shape index (κ3) is 4.75. The highest BCUT2D eigenvalue weighted by atomic mass is 19.1. The summed E-state index contributed by atoms with van der Waals surface area (Å²) >= 11 is 0. The zero-order chi connectivity index (χ0) is 10.2. The average Bonchev–Trinajstić information content (AvgIpc) is 2.18. The zero-order valence-electron chi connectivity index (χ0n) is 8.84. The predicted octanol–water partition coefficient (Wildman–Crippen LogP) is 3.73. The molecule has 0 amide bonds. The van der Waals surface area contributed by atoms with Crippen molar-refractivity contribution in [2.45, 2.75) is 63.9 Å². The van der Waals surface area contributed by atoms with Gasteiger partial charge < -0.3 is 5.11 Å². The second-order valence-corrected chi connectivity index (χ2v) is 4.16. The lowest BCUT2D eigenvalue weighted by Gasteiger charge is -2.09. The van der Waals surface area contributed by atoms with Gasteiger partial charge in [-0.15, -0.1) is 0 Å². The molecule has 0 spiro atoms. The highest BCUT2D eigenvalue weighted by molar-refractivity contribution is 4.98. The first kappa shape index (κ1) is 11.7. The van der Waals surface area contributed by atoms with Crippen molar-refractivity contribution in [2.75, 3.05) is 0 Å². The van der Waals surface area contributed by atoms with Gasteiger partial charge in [-0.25, -0.2) is 4.39 Å². The highest BCUT2D eigenvalue weighted by Crippen LogP contribution is 2.17. The van der Waals surface area contributed by atoms with Crippen LogP contribution < -0.4 is 0 Å².